The van der Waals surface area contributed by atoms with E-state index in [4.69, 9.17) is 5.11 Å². The first-order valence-corrected chi connectivity index (χ1v) is 12.8. The second-order valence-electron chi connectivity index (χ2n) is 8.48. The smallest absolute Gasteiger partial charge is 0.382 e. The Morgan fingerprint density at radius 2 is 0.938 bits per heavy atom. The third-order valence-electron chi connectivity index (χ3n) is 5.19. The fraction of sp³-hybridized carbons (Fsp3) is 1.00. The number of hydrogen-bond acceptors (Lipinski definition) is 4. The van der Waals surface area contributed by atoms with Gasteiger partial charge in [0.25, 0.3) is 0 Å². The van der Waals surface area contributed by atoms with Gasteiger partial charge in [-0.05, 0) is 26.7 Å². The van der Waals surface area contributed by atoms with E-state index < -0.39 is 93.6 Å². The van der Waals surface area contributed by atoms with Gasteiger partial charge in [-0.25, -0.2) is 35.1 Å². The van der Waals surface area contributed by atoms with Crippen molar-refractivity contribution in [3.8, 4) is 0 Å². The van der Waals surface area contributed by atoms with Gasteiger partial charge in [-0.3, -0.25) is 8.78 Å². The van der Waals surface area contributed by atoms with Gasteiger partial charge in [0.2, 0.25) is 11.2 Å². The van der Waals surface area contributed by atoms with Crippen LogP contribution in [0.1, 0.15) is 83.1 Å². The highest BCUT2D eigenvalue weighted by Gasteiger charge is 2.72. The molecule has 0 saturated heterocycles. The van der Waals surface area contributed by atoms with Gasteiger partial charge in [0.05, 0.1) is 26.6 Å². The van der Waals surface area contributed by atoms with Gasteiger partial charge < -0.3 is 19.3 Å². The van der Waals surface area contributed by atoms with Crippen LogP contribution in [0.3, 0.4) is 0 Å². The lowest BCUT2D eigenvalue weighted by atomic mass is 9.88. The summed E-state index contributed by atoms with van der Waals surface area (Å²) in [5.74, 6) is -10.0. The van der Waals surface area contributed by atoms with E-state index in [0.717, 1.165) is 6.92 Å². The van der Waals surface area contributed by atoms with Crippen molar-refractivity contribution in [1.82, 2.24) is 0 Å². The lowest BCUT2D eigenvalue weighted by Gasteiger charge is -2.40. The zero-order chi connectivity index (χ0) is 36.1. The highest BCUT2D eigenvalue weighted by molar-refractivity contribution is 5.02. The molecule has 0 aromatic rings. The molecular formula is C28H56F16O4. The normalized spacial score (nSPS) is 15.1. The van der Waals surface area contributed by atoms with Crippen LogP contribution in [0.15, 0.2) is 0 Å². The van der Waals surface area contributed by atoms with E-state index in [9.17, 15) is 70.2 Å². The monoisotopic (exact) mass is 760 g/mol. The Hall–Kier alpha value is -1.28. The van der Waals surface area contributed by atoms with Gasteiger partial charge in [0, 0.05) is 20.0 Å². The molecule has 4 atom stereocenters. The Morgan fingerprint density at radius 1 is 0.583 bits per heavy atom. The molecule has 0 aliphatic carbocycles. The Labute approximate surface area is 274 Å². The first-order valence-electron chi connectivity index (χ1n) is 12.8. The minimum Gasteiger partial charge on any atom is -0.382 e. The summed E-state index contributed by atoms with van der Waals surface area (Å²) >= 11 is 0. The zero-order valence-corrected chi connectivity index (χ0v) is 24.7. The van der Waals surface area contributed by atoms with Gasteiger partial charge >= 0.3 is 24.2 Å². The molecule has 0 spiro atoms. The predicted molar refractivity (Wildman–Crippen MR) is 155 cm³/mol. The maximum absolute atomic E-state index is 13.6. The Morgan fingerprint density at radius 3 is 1.21 bits per heavy atom. The predicted octanol–water partition coefficient (Wildman–Crippen LogP) is 11.2. The maximum atomic E-state index is 13.6. The number of hydrogen-bond donors (Lipinski definition) is 1. The summed E-state index contributed by atoms with van der Waals surface area (Å²) in [6, 6.07) is 0. The molecule has 0 aliphatic rings. The molecule has 0 amide bonds. The highest BCUT2D eigenvalue weighted by atomic mass is 19.4. The lowest BCUT2D eigenvalue weighted by molar-refractivity contribution is -0.368. The van der Waals surface area contributed by atoms with E-state index in [0.29, 0.717) is 0 Å². The summed E-state index contributed by atoms with van der Waals surface area (Å²) < 4.78 is 213. The standard InChI is InChI=1S/C12H19F7O3.C8H11F7O.2C2H5F.4CH4/c1-3-9(14)6-10(12(17,18)19,11(15,16)7-13)22-8-21-5-4-20-2;1-2-5(10)3-6(16,8(13,14)15)7(11,12)4-9;2*1-2-3;;;;/h9H,3-8H2,1-2H3;5,16H,2-4H2,1H3;2*2H2,1H3;4*1H4. The molecule has 1 N–H and O–H groups in total. The molecule has 20 heteroatoms. The zero-order valence-electron chi connectivity index (χ0n) is 24.7. The van der Waals surface area contributed by atoms with Crippen molar-refractivity contribution in [1.29, 1.82) is 0 Å². The molecule has 4 unspecified atom stereocenters. The Balaban J connectivity index is -0.0000000910. The molecular weight excluding hydrogens is 704 g/mol. The Kier molecular flexibility index (Phi) is 41.4. The second kappa shape index (κ2) is 30.5. The van der Waals surface area contributed by atoms with Crippen LogP contribution in [0.2, 0.25) is 0 Å². The number of ether oxygens (including phenoxy) is 3. The summed E-state index contributed by atoms with van der Waals surface area (Å²) in [7, 11) is 1.29. The first kappa shape index (κ1) is 65.1. The summed E-state index contributed by atoms with van der Waals surface area (Å²) in [5, 5.41) is 8.82. The highest BCUT2D eigenvalue weighted by Crippen LogP contribution is 2.49. The third-order valence-corrected chi connectivity index (χ3v) is 5.19. The van der Waals surface area contributed by atoms with Crippen molar-refractivity contribution in [3.63, 3.8) is 0 Å². The molecule has 0 bridgehead atoms. The largest absolute Gasteiger partial charge is 0.423 e. The first-order chi connectivity index (χ1) is 19.9. The molecule has 0 saturated carbocycles. The molecule has 0 aromatic carbocycles. The fourth-order valence-electron chi connectivity index (χ4n) is 2.67. The number of methoxy groups -OCH3 is 1. The van der Waals surface area contributed by atoms with Crippen molar-refractivity contribution >= 4 is 0 Å². The number of aliphatic hydroxyl groups is 1. The van der Waals surface area contributed by atoms with E-state index in [1.807, 2.05) is 0 Å². The van der Waals surface area contributed by atoms with Crippen LogP contribution in [0.5, 0.6) is 0 Å². The van der Waals surface area contributed by atoms with E-state index in [1.165, 1.54) is 27.9 Å². The van der Waals surface area contributed by atoms with Gasteiger partial charge in [0.1, 0.15) is 19.1 Å². The molecule has 48 heavy (non-hydrogen) atoms. The quantitative estimate of drug-likeness (QED) is 0.0967. The topological polar surface area (TPSA) is 47.9 Å². The molecule has 0 radical (unpaired) electrons. The third kappa shape index (κ3) is 21.7. The van der Waals surface area contributed by atoms with Crippen LogP contribution in [0, 0.1) is 0 Å². The minimum atomic E-state index is -5.80. The summed E-state index contributed by atoms with van der Waals surface area (Å²) in [6.45, 7) is -2.07. The SMILES string of the molecule is C.C.C.C.CCC(F)CC(O)(C(F)(F)F)C(F)(F)CF.CCC(F)CC(OCOCCOC)(C(F)(F)F)C(F)(F)CF.CCF.CCF. The van der Waals surface area contributed by atoms with Gasteiger partial charge in [-0.1, -0.05) is 43.6 Å². The van der Waals surface area contributed by atoms with Crippen molar-refractivity contribution in [2.75, 3.05) is 53.8 Å². The molecule has 0 fully saturated rings. The maximum Gasteiger partial charge on any atom is 0.423 e. The van der Waals surface area contributed by atoms with Gasteiger partial charge in [-0.15, -0.1) is 0 Å². The average molecular weight is 761 g/mol. The molecule has 4 nitrogen and oxygen atoms in total. The van der Waals surface area contributed by atoms with Crippen LogP contribution < -0.4 is 0 Å². The van der Waals surface area contributed by atoms with Crippen LogP contribution in [0.4, 0.5) is 70.2 Å². The lowest BCUT2D eigenvalue weighted by Crippen LogP contribution is -2.63. The summed E-state index contributed by atoms with van der Waals surface area (Å²) in [6.07, 6.45) is -20.6. The van der Waals surface area contributed by atoms with Crippen LogP contribution in [0.25, 0.3) is 0 Å². The number of halogens is 16. The van der Waals surface area contributed by atoms with Crippen LogP contribution in [-0.2, 0) is 14.2 Å². The molecule has 304 valence electrons. The molecule has 0 rings (SSSR count). The van der Waals surface area contributed by atoms with Gasteiger partial charge in [-0.2, -0.15) is 26.3 Å². The van der Waals surface area contributed by atoms with E-state index in [1.54, 1.807) is 0 Å². The van der Waals surface area contributed by atoms with E-state index >= 15 is 0 Å². The van der Waals surface area contributed by atoms with Crippen LogP contribution in [-0.4, -0.2) is 107 Å². The van der Waals surface area contributed by atoms with Crippen molar-refractivity contribution in [3.05, 3.63) is 0 Å². The molecule has 0 aromatic heterocycles. The van der Waals surface area contributed by atoms with Gasteiger partial charge in [0.15, 0.2) is 13.3 Å². The van der Waals surface area contributed by atoms with Crippen molar-refractivity contribution < 1.29 is 89.6 Å². The average Bonchev–Trinajstić information content (AvgIpc) is 2.91. The summed E-state index contributed by atoms with van der Waals surface area (Å²) in [4.78, 5) is 0. The number of alkyl halides is 16. The van der Waals surface area contributed by atoms with Crippen molar-refractivity contribution in [2.24, 2.45) is 0 Å². The second-order valence-corrected chi connectivity index (χ2v) is 8.48. The van der Waals surface area contributed by atoms with E-state index in [2.05, 4.69) is 14.2 Å². The molecule has 0 aliphatic heterocycles. The fourth-order valence-corrected chi connectivity index (χ4v) is 2.67. The molecule has 0 heterocycles. The number of rotatable bonds is 16. The van der Waals surface area contributed by atoms with E-state index in [-0.39, 0.29) is 56.3 Å². The summed E-state index contributed by atoms with van der Waals surface area (Å²) in [5.41, 5.74) is -8.97. The van der Waals surface area contributed by atoms with Crippen molar-refractivity contribution in [2.45, 2.75) is 131 Å². The van der Waals surface area contributed by atoms with Crippen LogP contribution >= 0.6 is 0 Å². The Bertz CT molecular complexity index is 683. The minimum absolute atomic E-state index is 0.